The molecule has 0 saturated heterocycles. The van der Waals surface area contributed by atoms with Gasteiger partial charge in [0.2, 0.25) is 0 Å². The van der Waals surface area contributed by atoms with Crippen LogP contribution < -0.4 is 0 Å². The van der Waals surface area contributed by atoms with E-state index in [1.165, 1.54) is 12.1 Å². The quantitative estimate of drug-likeness (QED) is 0.653. The van der Waals surface area contributed by atoms with Crippen LogP contribution in [0.3, 0.4) is 0 Å². The molecule has 0 unspecified atom stereocenters. The van der Waals surface area contributed by atoms with Crippen molar-refractivity contribution in [3.63, 3.8) is 0 Å². The fraction of sp³-hybridized carbons (Fsp3) is 0.200. The first-order valence-corrected chi connectivity index (χ1v) is 6.71. The number of hydrogen-bond acceptors (Lipinski definition) is 1. The first-order valence-electron chi connectivity index (χ1n) is 4.76. The van der Waals surface area contributed by atoms with Crippen LogP contribution in [-0.2, 0) is 4.74 Å². The standard InChI is InChI=1S/C10H7F5OS/c11-17(12,13,14,15)9-5-8-6-3-1-2-4-7(6)10(9)16-8/h1-5,8,10H/t8-,10-/m0/s1. The maximum atomic E-state index is 12.7. The van der Waals surface area contributed by atoms with Gasteiger partial charge in [0, 0.05) is 0 Å². The van der Waals surface area contributed by atoms with E-state index >= 15 is 0 Å². The van der Waals surface area contributed by atoms with Crippen molar-refractivity contribution >= 4 is 10.2 Å². The van der Waals surface area contributed by atoms with Crippen molar-refractivity contribution in [3.8, 4) is 0 Å². The lowest BCUT2D eigenvalue weighted by molar-refractivity contribution is 0.0839. The van der Waals surface area contributed by atoms with Gasteiger partial charge in [-0.3, -0.25) is 0 Å². The molecular weight excluding hydrogens is 263 g/mol. The van der Waals surface area contributed by atoms with Crippen molar-refractivity contribution in [1.82, 2.24) is 0 Å². The van der Waals surface area contributed by atoms with Crippen LogP contribution in [0.5, 0.6) is 0 Å². The summed E-state index contributed by atoms with van der Waals surface area (Å²) in [6, 6.07) is 6.11. The number of fused-ring (bicyclic) bond motifs is 5. The molecule has 0 saturated carbocycles. The molecule has 2 bridgehead atoms. The van der Waals surface area contributed by atoms with Crippen molar-refractivity contribution < 1.29 is 24.2 Å². The smallest absolute Gasteiger partial charge is 0.309 e. The van der Waals surface area contributed by atoms with Crippen molar-refractivity contribution in [2.24, 2.45) is 0 Å². The van der Waals surface area contributed by atoms with Crippen LogP contribution in [0, 0.1) is 0 Å². The van der Waals surface area contributed by atoms with E-state index in [1.54, 1.807) is 12.1 Å². The van der Waals surface area contributed by atoms with Crippen LogP contribution in [0.2, 0.25) is 0 Å². The Kier molecular flexibility index (Phi) is 1.54. The summed E-state index contributed by atoms with van der Waals surface area (Å²) in [5.74, 6) is 0. The third-order valence-electron chi connectivity index (χ3n) is 2.89. The van der Waals surface area contributed by atoms with E-state index in [0.29, 0.717) is 11.6 Å². The monoisotopic (exact) mass is 270 g/mol. The Morgan fingerprint density at radius 1 is 0.941 bits per heavy atom. The molecule has 0 spiro atoms. The highest BCUT2D eigenvalue weighted by Crippen LogP contribution is 3.04. The van der Waals surface area contributed by atoms with Gasteiger partial charge in [0.15, 0.2) is 0 Å². The van der Waals surface area contributed by atoms with Gasteiger partial charge in [-0.1, -0.05) is 43.7 Å². The number of halogens is 5. The minimum atomic E-state index is -9.62. The minimum absolute atomic E-state index is 0.184. The second-order valence-electron chi connectivity index (χ2n) is 4.10. The van der Waals surface area contributed by atoms with Crippen LogP contribution in [0.1, 0.15) is 23.3 Å². The minimum Gasteiger partial charge on any atom is -0.356 e. The van der Waals surface area contributed by atoms with Crippen molar-refractivity contribution in [3.05, 3.63) is 46.4 Å². The summed E-state index contributed by atoms with van der Waals surface area (Å²) in [6.07, 6.45) is -2.18. The van der Waals surface area contributed by atoms with E-state index in [-0.39, 0.29) is 5.56 Å². The molecule has 1 nitrogen and oxygen atoms in total. The van der Waals surface area contributed by atoms with Gasteiger partial charge in [-0.05, 0) is 17.2 Å². The third-order valence-corrected chi connectivity index (χ3v) is 4.13. The van der Waals surface area contributed by atoms with E-state index < -0.39 is 27.3 Å². The number of benzene rings is 1. The fourth-order valence-corrected chi connectivity index (χ4v) is 3.19. The normalized spacial score (nSPS) is 30.5. The Labute approximate surface area is 93.6 Å². The molecule has 17 heavy (non-hydrogen) atoms. The second kappa shape index (κ2) is 2.37. The summed E-state index contributed by atoms with van der Waals surface area (Å²) >= 11 is 0. The molecule has 3 rings (SSSR count). The molecule has 2 atom stereocenters. The summed E-state index contributed by atoms with van der Waals surface area (Å²) in [4.78, 5) is -1.81. The number of ether oxygens (including phenoxy) is 1. The summed E-state index contributed by atoms with van der Waals surface area (Å²) in [7, 11) is -9.62. The molecule has 0 N–H and O–H groups in total. The Hall–Kier alpha value is -1.08. The van der Waals surface area contributed by atoms with Crippen molar-refractivity contribution in [2.45, 2.75) is 12.2 Å². The fourth-order valence-electron chi connectivity index (χ4n) is 2.22. The molecule has 0 aromatic heterocycles. The average molecular weight is 270 g/mol. The van der Waals surface area contributed by atoms with Gasteiger partial charge in [-0.2, -0.15) is 0 Å². The molecule has 2 aliphatic heterocycles. The van der Waals surface area contributed by atoms with Crippen LogP contribution >= 0.6 is 10.2 Å². The Balaban J connectivity index is 2.16. The zero-order valence-electron chi connectivity index (χ0n) is 8.25. The molecular formula is C10H7F5OS. The maximum absolute atomic E-state index is 12.7. The van der Waals surface area contributed by atoms with E-state index in [4.69, 9.17) is 4.74 Å². The lowest BCUT2D eigenvalue weighted by Gasteiger charge is -2.43. The molecule has 0 fully saturated rings. The van der Waals surface area contributed by atoms with Crippen LogP contribution in [0.15, 0.2) is 35.2 Å². The topological polar surface area (TPSA) is 9.23 Å². The molecule has 2 aliphatic rings. The molecule has 0 radical (unpaired) electrons. The van der Waals surface area contributed by atoms with E-state index in [9.17, 15) is 19.4 Å². The Bertz CT molecular complexity index is 547. The molecule has 2 heterocycles. The van der Waals surface area contributed by atoms with Crippen LogP contribution in [0.25, 0.3) is 0 Å². The van der Waals surface area contributed by atoms with Crippen LogP contribution in [-0.4, -0.2) is 0 Å². The highest BCUT2D eigenvalue weighted by molar-refractivity contribution is 8.48. The lowest BCUT2D eigenvalue weighted by atomic mass is 9.97. The van der Waals surface area contributed by atoms with Gasteiger partial charge in [0.25, 0.3) is 0 Å². The summed E-state index contributed by atoms with van der Waals surface area (Å²) in [5, 5.41) is 0. The van der Waals surface area contributed by atoms with Gasteiger partial charge in [0.1, 0.15) is 17.1 Å². The molecule has 94 valence electrons. The largest absolute Gasteiger partial charge is 0.356 e. The predicted molar refractivity (Wildman–Crippen MR) is 54.2 cm³/mol. The zero-order valence-corrected chi connectivity index (χ0v) is 9.06. The van der Waals surface area contributed by atoms with Gasteiger partial charge in [0.05, 0.1) is 0 Å². The van der Waals surface area contributed by atoms with Gasteiger partial charge in [-0.25, -0.2) is 0 Å². The highest BCUT2D eigenvalue weighted by atomic mass is 32.5. The predicted octanol–water partition coefficient (Wildman–Crippen LogP) is 5.00. The summed E-state index contributed by atoms with van der Waals surface area (Å²) < 4.78 is 68.6. The van der Waals surface area contributed by atoms with Gasteiger partial charge >= 0.3 is 10.2 Å². The third kappa shape index (κ3) is 1.56. The molecule has 1 aromatic carbocycles. The first-order chi connectivity index (χ1) is 7.56. The molecule has 7 heteroatoms. The second-order valence-corrected chi connectivity index (χ2v) is 6.51. The van der Waals surface area contributed by atoms with E-state index in [1.807, 2.05) is 0 Å². The van der Waals surface area contributed by atoms with E-state index in [0.717, 1.165) is 0 Å². The molecule has 0 amide bonds. The lowest BCUT2D eigenvalue weighted by Crippen LogP contribution is -2.14. The SMILES string of the molecule is FS(F)(F)(F)(F)C1=C[C@@H]2O[C@H]1c1ccccc12. The maximum Gasteiger partial charge on any atom is 0.309 e. The highest BCUT2D eigenvalue weighted by Gasteiger charge is 2.71. The van der Waals surface area contributed by atoms with Gasteiger partial charge < -0.3 is 4.74 Å². The molecule has 0 aliphatic carbocycles. The summed E-state index contributed by atoms with van der Waals surface area (Å²) in [5.41, 5.74) is 0.714. The molecule has 1 aromatic rings. The number of hydrogen-bond donors (Lipinski definition) is 0. The van der Waals surface area contributed by atoms with Crippen molar-refractivity contribution in [1.29, 1.82) is 0 Å². The number of rotatable bonds is 1. The summed E-state index contributed by atoms with van der Waals surface area (Å²) in [6.45, 7) is 0. The Morgan fingerprint density at radius 3 is 2.12 bits per heavy atom. The average Bonchev–Trinajstić information content (AvgIpc) is 2.72. The van der Waals surface area contributed by atoms with Crippen molar-refractivity contribution in [2.75, 3.05) is 0 Å². The zero-order chi connectivity index (χ0) is 12.5. The van der Waals surface area contributed by atoms with Crippen LogP contribution in [0.4, 0.5) is 19.4 Å². The van der Waals surface area contributed by atoms with E-state index in [2.05, 4.69) is 0 Å². The Morgan fingerprint density at radius 2 is 1.53 bits per heavy atom. The first kappa shape index (κ1) is 11.0. The van der Waals surface area contributed by atoms with Gasteiger partial charge in [-0.15, -0.1) is 0 Å².